The third-order valence-corrected chi connectivity index (χ3v) is 4.19. The molecule has 142 valence electrons. The van der Waals surface area contributed by atoms with Gasteiger partial charge in [-0.15, -0.1) is 0 Å². The van der Waals surface area contributed by atoms with Crippen LogP contribution in [0.5, 0.6) is 0 Å². The summed E-state index contributed by atoms with van der Waals surface area (Å²) in [5.41, 5.74) is 0. The molecule has 24 heavy (non-hydrogen) atoms. The van der Waals surface area contributed by atoms with Crippen LogP contribution in [0.1, 0.15) is 0 Å². The zero-order chi connectivity index (χ0) is 18.0. The van der Waals surface area contributed by atoms with Crippen LogP contribution >= 0.6 is 0 Å². The van der Waals surface area contributed by atoms with E-state index in [1.807, 2.05) is 0 Å². The number of ether oxygens (including phenoxy) is 4. The summed E-state index contributed by atoms with van der Waals surface area (Å²) in [6.07, 6.45) is -14.3. The van der Waals surface area contributed by atoms with Gasteiger partial charge in [0.05, 0.1) is 13.2 Å². The van der Waals surface area contributed by atoms with Crippen LogP contribution in [-0.4, -0.2) is 117 Å². The molecule has 0 amide bonds. The molecular formula is C13H24O11. The molecule has 7 N–H and O–H groups in total. The molecule has 0 saturated carbocycles. The minimum Gasteiger partial charge on any atom is -0.394 e. The Bertz CT molecular complexity index is 392. The number of rotatable bonds is 5. The summed E-state index contributed by atoms with van der Waals surface area (Å²) in [6.45, 7) is -1.24. The van der Waals surface area contributed by atoms with E-state index < -0.39 is 74.6 Å². The monoisotopic (exact) mass is 356 g/mol. The lowest BCUT2D eigenvalue weighted by atomic mass is 9.97. The van der Waals surface area contributed by atoms with Crippen molar-refractivity contribution in [1.29, 1.82) is 0 Å². The van der Waals surface area contributed by atoms with Gasteiger partial charge in [-0.05, 0) is 0 Å². The van der Waals surface area contributed by atoms with E-state index in [9.17, 15) is 30.6 Å². The Morgan fingerprint density at radius 3 is 1.79 bits per heavy atom. The van der Waals surface area contributed by atoms with Gasteiger partial charge in [-0.3, -0.25) is 0 Å². The van der Waals surface area contributed by atoms with Crippen LogP contribution < -0.4 is 0 Å². The van der Waals surface area contributed by atoms with Crippen LogP contribution in [0.3, 0.4) is 0 Å². The summed E-state index contributed by atoms with van der Waals surface area (Å²) in [5.74, 6) is 0. The molecule has 2 rings (SSSR count). The number of aliphatic hydroxyl groups excluding tert-OH is 7. The molecule has 2 saturated heterocycles. The predicted octanol–water partition coefficient (Wildman–Crippen LogP) is -4.74. The van der Waals surface area contributed by atoms with Crippen molar-refractivity contribution in [2.24, 2.45) is 0 Å². The van der Waals surface area contributed by atoms with Crippen molar-refractivity contribution >= 4 is 0 Å². The molecule has 0 aromatic heterocycles. The zero-order valence-electron chi connectivity index (χ0n) is 13.0. The van der Waals surface area contributed by atoms with Crippen LogP contribution in [0.2, 0.25) is 0 Å². The number of aliphatic hydroxyl groups is 7. The molecule has 0 radical (unpaired) electrons. The fourth-order valence-corrected chi connectivity index (χ4v) is 2.75. The van der Waals surface area contributed by atoms with Gasteiger partial charge in [-0.25, -0.2) is 0 Å². The maximum atomic E-state index is 10.2. The number of methoxy groups -OCH3 is 1. The van der Waals surface area contributed by atoms with E-state index in [-0.39, 0.29) is 0 Å². The fraction of sp³-hybridized carbons (Fsp3) is 1.00. The van der Waals surface area contributed by atoms with Gasteiger partial charge in [-0.1, -0.05) is 0 Å². The van der Waals surface area contributed by atoms with Crippen molar-refractivity contribution in [2.45, 2.75) is 61.4 Å². The van der Waals surface area contributed by atoms with Gasteiger partial charge in [-0.2, -0.15) is 0 Å². The lowest BCUT2D eigenvalue weighted by Crippen LogP contribution is -2.64. The van der Waals surface area contributed by atoms with Crippen molar-refractivity contribution in [3.05, 3.63) is 0 Å². The Hall–Kier alpha value is -0.440. The Labute approximate surface area is 137 Å². The zero-order valence-corrected chi connectivity index (χ0v) is 13.0. The van der Waals surface area contributed by atoms with Crippen molar-refractivity contribution in [2.75, 3.05) is 20.3 Å². The summed E-state index contributed by atoms with van der Waals surface area (Å²) in [7, 11) is 1.24. The van der Waals surface area contributed by atoms with Gasteiger partial charge in [0.1, 0.15) is 48.8 Å². The van der Waals surface area contributed by atoms with Gasteiger partial charge in [0.15, 0.2) is 12.6 Å². The van der Waals surface area contributed by atoms with E-state index in [1.54, 1.807) is 0 Å². The SMILES string of the molecule is CO[C@@H]1O[C@@H](CO)[C@@H](O[C@@H]2OC(CO)[C@@H](O)C(O)C2O)C(O)C1O. The first-order chi connectivity index (χ1) is 11.3. The number of hydrogen-bond acceptors (Lipinski definition) is 11. The first-order valence-corrected chi connectivity index (χ1v) is 7.46. The van der Waals surface area contributed by atoms with E-state index in [2.05, 4.69) is 0 Å². The number of hydrogen-bond donors (Lipinski definition) is 7. The molecule has 0 aliphatic carbocycles. The fourth-order valence-electron chi connectivity index (χ4n) is 2.75. The molecule has 11 nitrogen and oxygen atoms in total. The van der Waals surface area contributed by atoms with E-state index in [0.717, 1.165) is 0 Å². The van der Waals surface area contributed by atoms with E-state index in [1.165, 1.54) is 7.11 Å². The first-order valence-electron chi connectivity index (χ1n) is 7.46. The highest BCUT2D eigenvalue weighted by molar-refractivity contribution is 4.93. The predicted molar refractivity (Wildman–Crippen MR) is 73.4 cm³/mol. The normalized spacial score (nSPS) is 50.0. The Kier molecular flexibility index (Phi) is 6.87. The lowest BCUT2D eigenvalue weighted by Gasteiger charge is -2.45. The Morgan fingerprint density at radius 2 is 1.25 bits per heavy atom. The second kappa shape index (κ2) is 8.29. The van der Waals surface area contributed by atoms with Crippen LogP contribution in [0.4, 0.5) is 0 Å². The van der Waals surface area contributed by atoms with Crippen molar-refractivity contribution in [3.63, 3.8) is 0 Å². The first kappa shape index (κ1) is 19.9. The van der Waals surface area contributed by atoms with Gasteiger partial charge in [0, 0.05) is 7.11 Å². The highest BCUT2D eigenvalue weighted by atomic mass is 16.7. The molecule has 2 fully saturated rings. The molecule has 0 aromatic rings. The Morgan fingerprint density at radius 1 is 0.708 bits per heavy atom. The van der Waals surface area contributed by atoms with Crippen molar-refractivity contribution in [1.82, 2.24) is 0 Å². The average molecular weight is 356 g/mol. The van der Waals surface area contributed by atoms with E-state index >= 15 is 0 Å². The maximum absolute atomic E-state index is 10.2. The molecular weight excluding hydrogens is 332 g/mol. The maximum Gasteiger partial charge on any atom is 0.187 e. The molecule has 10 atom stereocenters. The van der Waals surface area contributed by atoms with Crippen LogP contribution in [-0.2, 0) is 18.9 Å². The van der Waals surface area contributed by atoms with E-state index in [4.69, 9.17) is 24.1 Å². The molecule has 5 unspecified atom stereocenters. The van der Waals surface area contributed by atoms with Gasteiger partial charge < -0.3 is 54.7 Å². The third-order valence-electron chi connectivity index (χ3n) is 4.19. The summed E-state index contributed by atoms with van der Waals surface area (Å²) < 4.78 is 20.6. The molecule has 2 aliphatic heterocycles. The van der Waals surface area contributed by atoms with Crippen LogP contribution in [0.15, 0.2) is 0 Å². The van der Waals surface area contributed by atoms with Crippen molar-refractivity contribution < 1.29 is 54.7 Å². The highest BCUT2D eigenvalue weighted by Crippen LogP contribution is 2.29. The standard InChI is InChI=1S/C13H24O11/c1-21-12-10(20)8(18)11(5(3-15)23-12)24-13-9(19)7(17)6(16)4(2-14)22-13/h4-20H,2-3H2,1H3/t4?,5-,6+,7?,8?,9?,10?,11+,12+,13-/m0/s1. The molecule has 2 aliphatic rings. The molecule has 0 bridgehead atoms. The van der Waals surface area contributed by atoms with E-state index in [0.29, 0.717) is 0 Å². The largest absolute Gasteiger partial charge is 0.394 e. The lowest BCUT2D eigenvalue weighted by molar-refractivity contribution is -0.357. The molecule has 11 heteroatoms. The highest BCUT2D eigenvalue weighted by Gasteiger charge is 2.50. The minimum absolute atomic E-state index is 0.592. The third kappa shape index (κ3) is 3.71. The van der Waals surface area contributed by atoms with Crippen LogP contribution in [0.25, 0.3) is 0 Å². The van der Waals surface area contributed by atoms with Crippen LogP contribution in [0, 0.1) is 0 Å². The smallest absolute Gasteiger partial charge is 0.187 e. The van der Waals surface area contributed by atoms with Gasteiger partial charge in [0.25, 0.3) is 0 Å². The van der Waals surface area contributed by atoms with Gasteiger partial charge in [0.2, 0.25) is 0 Å². The van der Waals surface area contributed by atoms with Gasteiger partial charge >= 0.3 is 0 Å². The second-order valence-electron chi connectivity index (χ2n) is 5.74. The summed E-state index contributed by atoms with van der Waals surface area (Å²) >= 11 is 0. The quantitative estimate of drug-likeness (QED) is 0.251. The second-order valence-corrected chi connectivity index (χ2v) is 5.74. The summed E-state index contributed by atoms with van der Waals surface area (Å²) in [6, 6.07) is 0. The minimum atomic E-state index is -1.69. The average Bonchev–Trinajstić information content (AvgIpc) is 2.59. The molecule has 0 spiro atoms. The van der Waals surface area contributed by atoms with Crippen molar-refractivity contribution in [3.8, 4) is 0 Å². The summed E-state index contributed by atoms with van der Waals surface area (Å²) in [4.78, 5) is 0. The molecule has 2 heterocycles. The summed E-state index contributed by atoms with van der Waals surface area (Å²) in [5, 5.41) is 68.0. The Balaban J connectivity index is 2.12. The molecule has 0 aromatic carbocycles. The topological polar surface area (TPSA) is 179 Å².